The van der Waals surface area contributed by atoms with Gasteiger partial charge in [0.15, 0.2) is 11.4 Å². The van der Waals surface area contributed by atoms with Gasteiger partial charge in [0, 0.05) is 18.3 Å². The minimum atomic E-state index is -1.25. The Morgan fingerprint density at radius 3 is 2.20 bits per heavy atom. The first kappa shape index (κ1) is 23.6. The monoisotopic (exact) mass is 858 g/mol. The van der Waals surface area contributed by atoms with Crippen LogP contribution >= 0.6 is 90.4 Å². The molecule has 146 valence electrons. The third-order valence-corrected chi connectivity index (χ3v) is 8.62. The van der Waals surface area contributed by atoms with E-state index in [0.29, 0.717) is 48.0 Å². The van der Waals surface area contributed by atoms with Gasteiger partial charge in [0.05, 0.1) is 18.3 Å². The van der Waals surface area contributed by atoms with Crippen LogP contribution in [-0.4, -0.2) is 11.1 Å². The summed E-state index contributed by atoms with van der Waals surface area (Å²) in [6.07, 6.45) is 0. The van der Waals surface area contributed by atoms with E-state index in [1.165, 1.54) is 0 Å². The van der Waals surface area contributed by atoms with Crippen molar-refractivity contribution in [3.8, 4) is 23.0 Å². The number of hydrogen-bond acceptors (Lipinski definition) is 5. The number of phenols is 1. The van der Waals surface area contributed by atoms with E-state index in [-0.39, 0.29) is 41.1 Å². The van der Waals surface area contributed by atoms with Crippen LogP contribution in [0.15, 0.2) is 36.4 Å². The van der Waals surface area contributed by atoms with Gasteiger partial charge in [-0.2, -0.15) is 0 Å². The van der Waals surface area contributed by atoms with Gasteiger partial charge in [-0.25, -0.2) is 4.79 Å². The molecule has 10 heteroatoms. The van der Waals surface area contributed by atoms with Crippen LogP contribution in [-0.2, 0) is 10.3 Å². The second-order valence-corrected chi connectivity index (χ2v) is 11.0. The zero-order valence-electron chi connectivity index (χ0n) is 15.1. The number of rotatable bonds is 0. The summed E-state index contributed by atoms with van der Waals surface area (Å²) < 4.78 is 14.3. The topological polar surface area (TPSA) is 78.8 Å². The molecule has 3 aromatic carbocycles. The molecular formula is C20H7I4NaO5. The second-order valence-electron chi connectivity index (χ2n) is 6.49. The molecule has 1 unspecified atom stereocenters. The summed E-state index contributed by atoms with van der Waals surface area (Å²) in [5.74, 6) is 0.245. The van der Waals surface area contributed by atoms with Crippen molar-refractivity contribution in [1.82, 2.24) is 0 Å². The average molecular weight is 858 g/mol. The number of halogens is 4. The molecule has 0 aromatic heterocycles. The van der Waals surface area contributed by atoms with Gasteiger partial charge < -0.3 is 19.7 Å². The van der Waals surface area contributed by atoms with Gasteiger partial charge in [-0.1, -0.05) is 23.9 Å². The first-order valence-corrected chi connectivity index (χ1v) is 12.5. The van der Waals surface area contributed by atoms with E-state index in [4.69, 9.17) is 9.47 Å². The Bertz CT molecular complexity index is 1200. The van der Waals surface area contributed by atoms with Crippen molar-refractivity contribution in [2.75, 3.05) is 0 Å². The van der Waals surface area contributed by atoms with E-state index in [9.17, 15) is 15.0 Å². The largest absolute Gasteiger partial charge is 1.00 e. The maximum atomic E-state index is 12.9. The molecule has 0 aliphatic carbocycles. The third kappa shape index (κ3) is 3.15. The summed E-state index contributed by atoms with van der Waals surface area (Å²) in [6.45, 7) is 0. The van der Waals surface area contributed by atoms with Gasteiger partial charge in [-0.15, -0.1) is 0 Å². The molecule has 3 aromatic rings. The van der Waals surface area contributed by atoms with Gasteiger partial charge >= 0.3 is 35.5 Å². The van der Waals surface area contributed by atoms with Crippen LogP contribution in [0.3, 0.4) is 0 Å². The number of hydrogen-bond donors (Lipinski definition) is 1. The summed E-state index contributed by atoms with van der Waals surface area (Å²) >= 11 is 8.01. The van der Waals surface area contributed by atoms with Crippen molar-refractivity contribution in [1.29, 1.82) is 0 Å². The summed E-state index contributed by atoms with van der Waals surface area (Å²) in [6, 6.07) is 10.7. The number of ether oxygens (including phenoxy) is 2. The number of esters is 1. The maximum Gasteiger partial charge on any atom is 1.00 e. The molecule has 2 aliphatic heterocycles. The fourth-order valence-electron chi connectivity index (χ4n) is 3.76. The number of fused-ring (bicyclic) bond motifs is 6. The van der Waals surface area contributed by atoms with Crippen LogP contribution in [0.4, 0.5) is 0 Å². The Morgan fingerprint density at radius 2 is 1.50 bits per heavy atom. The quantitative estimate of drug-likeness (QED) is 0.214. The van der Waals surface area contributed by atoms with E-state index in [1.807, 2.05) is 102 Å². The van der Waals surface area contributed by atoms with Gasteiger partial charge in [0.25, 0.3) is 0 Å². The first-order valence-electron chi connectivity index (χ1n) is 8.19. The Kier molecular flexibility index (Phi) is 6.56. The molecule has 5 nitrogen and oxygen atoms in total. The van der Waals surface area contributed by atoms with Crippen molar-refractivity contribution in [2.24, 2.45) is 0 Å². The molecule has 1 spiro atoms. The van der Waals surface area contributed by atoms with Crippen LogP contribution in [0.2, 0.25) is 0 Å². The minimum Gasteiger partial charge on any atom is -0.871 e. The van der Waals surface area contributed by atoms with Crippen molar-refractivity contribution < 1.29 is 54.0 Å². The van der Waals surface area contributed by atoms with Crippen LogP contribution in [0.25, 0.3) is 0 Å². The fraction of sp³-hybridized carbons (Fsp3) is 0.0500. The Morgan fingerprint density at radius 1 is 0.900 bits per heavy atom. The van der Waals surface area contributed by atoms with Gasteiger partial charge in [-0.05, 0) is 109 Å². The van der Waals surface area contributed by atoms with Crippen LogP contribution < -0.4 is 39.4 Å². The summed E-state index contributed by atoms with van der Waals surface area (Å²) in [7, 11) is 0. The normalized spacial score (nSPS) is 18.1. The van der Waals surface area contributed by atoms with Crippen LogP contribution in [0.5, 0.6) is 23.0 Å². The molecule has 2 aliphatic rings. The predicted octanol–water partition coefficient (Wildman–Crippen LogP) is 2.46. The maximum absolute atomic E-state index is 12.9. The van der Waals surface area contributed by atoms with E-state index in [1.54, 1.807) is 24.3 Å². The van der Waals surface area contributed by atoms with E-state index in [0.717, 1.165) is 0 Å². The molecular weight excluding hydrogens is 851 g/mol. The van der Waals surface area contributed by atoms with Crippen LogP contribution in [0.1, 0.15) is 27.0 Å². The zero-order chi connectivity index (χ0) is 20.7. The number of phenolic OH excluding ortho intramolecular Hbond substituents is 1. The Labute approximate surface area is 248 Å². The number of aromatic hydroxyl groups is 1. The molecule has 30 heavy (non-hydrogen) atoms. The average Bonchev–Trinajstić information content (AvgIpc) is 3.00. The van der Waals surface area contributed by atoms with E-state index >= 15 is 0 Å². The minimum absolute atomic E-state index is 0. The molecule has 0 saturated heterocycles. The number of carbonyl (C=O) groups is 1. The molecule has 2 heterocycles. The smallest absolute Gasteiger partial charge is 0.871 e. The number of carbonyl (C=O) groups excluding carboxylic acids is 1. The molecule has 0 saturated carbocycles. The molecule has 0 radical (unpaired) electrons. The molecule has 1 atom stereocenters. The van der Waals surface area contributed by atoms with Crippen molar-refractivity contribution in [2.45, 2.75) is 5.60 Å². The van der Waals surface area contributed by atoms with Crippen molar-refractivity contribution >= 4 is 96.3 Å². The van der Waals surface area contributed by atoms with Gasteiger partial charge in [0.1, 0.15) is 11.5 Å². The summed E-state index contributed by atoms with van der Waals surface area (Å²) in [5.41, 5.74) is 1.14. The Balaban J connectivity index is 0.00000218. The second kappa shape index (κ2) is 8.34. The van der Waals surface area contributed by atoms with E-state index in [2.05, 4.69) is 0 Å². The third-order valence-electron chi connectivity index (χ3n) is 5.02. The molecule has 0 bridgehead atoms. The van der Waals surface area contributed by atoms with Gasteiger partial charge in [-0.3, -0.25) is 0 Å². The van der Waals surface area contributed by atoms with Gasteiger partial charge in [0.2, 0.25) is 0 Å². The summed E-state index contributed by atoms with van der Waals surface area (Å²) in [4.78, 5) is 12.9. The zero-order valence-corrected chi connectivity index (χ0v) is 25.7. The molecule has 0 fully saturated rings. The molecule has 5 rings (SSSR count). The van der Waals surface area contributed by atoms with Crippen molar-refractivity contribution in [3.05, 3.63) is 72.9 Å². The summed E-state index contributed by atoms with van der Waals surface area (Å²) in [5, 5.41) is 23.1. The van der Waals surface area contributed by atoms with Crippen LogP contribution in [0, 0.1) is 14.3 Å². The molecule has 1 N–H and O–H groups in total. The van der Waals surface area contributed by atoms with Crippen molar-refractivity contribution in [3.63, 3.8) is 0 Å². The standard InChI is InChI=1S/C20H8I4O5.Na/c21-11-5-9-17(13(23)15(11)25)28-18-10(6-12(22)16(26)14(18)24)20(9)8-4-2-1-3-7(8)19(27)29-20;/h1-6,25-26H;/q;+1/p-1. The predicted molar refractivity (Wildman–Crippen MR) is 137 cm³/mol. The fourth-order valence-corrected chi connectivity index (χ4v) is 7.34. The van der Waals surface area contributed by atoms with E-state index < -0.39 is 11.6 Å². The SMILES string of the molecule is O=C1OC2(c3ccccc31)c1cc(I)c([O-])c(I)c1Oc1c2cc(I)c(O)c1I.[Na+]. The molecule has 0 amide bonds. The Hall–Kier alpha value is 0.450. The number of benzene rings is 3. The first-order chi connectivity index (χ1) is 13.8.